The highest BCUT2D eigenvalue weighted by molar-refractivity contribution is 5.54. The Morgan fingerprint density at radius 2 is 1.90 bits per heavy atom. The van der Waals surface area contributed by atoms with Crippen LogP contribution in [0, 0.1) is 25.2 Å². The maximum Gasteiger partial charge on any atom is 0.0393 e. The second-order valence-electron chi connectivity index (χ2n) is 7.36. The predicted molar refractivity (Wildman–Crippen MR) is 93.2 cm³/mol. The average molecular weight is 288 g/mol. The van der Waals surface area contributed by atoms with Crippen molar-refractivity contribution in [1.82, 2.24) is 5.32 Å². The van der Waals surface area contributed by atoms with E-state index in [0.717, 1.165) is 19.0 Å². The Morgan fingerprint density at radius 1 is 1.24 bits per heavy atom. The Morgan fingerprint density at radius 3 is 2.48 bits per heavy atom. The maximum absolute atomic E-state index is 3.45. The lowest BCUT2D eigenvalue weighted by atomic mass is 9.70. The van der Waals surface area contributed by atoms with Gasteiger partial charge in [-0.3, -0.25) is 0 Å². The van der Waals surface area contributed by atoms with Crippen molar-refractivity contribution in [2.75, 3.05) is 32.1 Å². The highest BCUT2D eigenvalue weighted by Gasteiger charge is 2.34. The molecule has 0 aliphatic heterocycles. The molecule has 0 radical (unpaired) electrons. The van der Waals surface area contributed by atoms with Crippen LogP contribution < -0.4 is 10.2 Å². The van der Waals surface area contributed by atoms with Crippen molar-refractivity contribution in [2.24, 2.45) is 11.3 Å². The smallest absolute Gasteiger partial charge is 0.0393 e. The van der Waals surface area contributed by atoms with Crippen LogP contribution in [-0.2, 0) is 0 Å². The summed E-state index contributed by atoms with van der Waals surface area (Å²) in [5.74, 6) is 0.904. The van der Waals surface area contributed by atoms with Crippen LogP contribution >= 0.6 is 0 Å². The van der Waals surface area contributed by atoms with Gasteiger partial charge in [-0.15, -0.1) is 0 Å². The molecule has 1 aliphatic rings. The molecule has 1 fully saturated rings. The van der Waals surface area contributed by atoms with Gasteiger partial charge in [0.2, 0.25) is 0 Å². The summed E-state index contributed by atoms with van der Waals surface area (Å²) in [6.07, 6.45) is 5.46. The Bertz CT molecular complexity index is 459. The first-order valence-corrected chi connectivity index (χ1v) is 8.39. The fraction of sp³-hybridized carbons (Fsp3) is 0.684. The first kappa shape index (κ1) is 16.4. The van der Waals surface area contributed by atoms with Gasteiger partial charge in [-0.05, 0) is 51.3 Å². The van der Waals surface area contributed by atoms with E-state index in [9.17, 15) is 0 Å². The summed E-state index contributed by atoms with van der Waals surface area (Å²) in [5.41, 5.74) is 4.56. The van der Waals surface area contributed by atoms with Gasteiger partial charge in [0, 0.05) is 31.2 Å². The van der Waals surface area contributed by atoms with Crippen LogP contribution in [0.15, 0.2) is 18.2 Å². The Balaban J connectivity index is 2.12. The Hall–Kier alpha value is -1.02. The van der Waals surface area contributed by atoms with Crippen LogP contribution in [0.25, 0.3) is 0 Å². The fourth-order valence-electron chi connectivity index (χ4n) is 3.96. The molecule has 21 heavy (non-hydrogen) atoms. The molecule has 0 amide bonds. The molecule has 1 N–H and O–H groups in total. The van der Waals surface area contributed by atoms with Crippen LogP contribution in [0.4, 0.5) is 5.69 Å². The van der Waals surface area contributed by atoms with Crippen LogP contribution in [0.1, 0.15) is 43.7 Å². The quantitative estimate of drug-likeness (QED) is 0.875. The molecule has 0 bridgehead atoms. The lowest BCUT2D eigenvalue weighted by Crippen LogP contribution is -2.44. The molecule has 0 aromatic heterocycles. The highest BCUT2D eigenvalue weighted by atomic mass is 15.1. The number of rotatable bonds is 5. The van der Waals surface area contributed by atoms with E-state index < -0.39 is 0 Å². The molecule has 118 valence electrons. The predicted octanol–water partition coefficient (Wildman–Crippen LogP) is 4.16. The van der Waals surface area contributed by atoms with E-state index in [1.165, 1.54) is 42.5 Å². The number of hydrogen-bond donors (Lipinski definition) is 1. The molecule has 2 heteroatoms. The van der Waals surface area contributed by atoms with E-state index >= 15 is 0 Å². The minimum Gasteiger partial charge on any atom is -0.374 e. The summed E-state index contributed by atoms with van der Waals surface area (Å²) in [6.45, 7) is 9.09. The van der Waals surface area contributed by atoms with E-state index in [0.29, 0.717) is 5.41 Å². The largest absolute Gasteiger partial charge is 0.374 e. The Kier molecular flexibility index (Phi) is 5.32. The lowest BCUT2D eigenvalue weighted by Gasteiger charge is -2.42. The molecule has 1 aromatic rings. The Labute approximate surface area is 130 Å². The number of anilines is 1. The van der Waals surface area contributed by atoms with Gasteiger partial charge >= 0.3 is 0 Å². The van der Waals surface area contributed by atoms with Gasteiger partial charge in [0.25, 0.3) is 0 Å². The van der Waals surface area contributed by atoms with Crippen molar-refractivity contribution < 1.29 is 0 Å². The van der Waals surface area contributed by atoms with E-state index in [1.807, 2.05) is 0 Å². The van der Waals surface area contributed by atoms with E-state index in [4.69, 9.17) is 0 Å². The molecule has 2 rings (SSSR count). The van der Waals surface area contributed by atoms with Crippen molar-refractivity contribution in [2.45, 2.75) is 46.5 Å². The first-order chi connectivity index (χ1) is 9.96. The SMILES string of the molecule is CNCC1(CN(C)c2ccc(C)cc2C)CCC(C)CC1. The van der Waals surface area contributed by atoms with Crippen LogP contribution in [0.2, 0.25) is 0 Å². The van der Waals surface area contributed by atoms with Crippen molar-refractivity contribution in [3.63, 3.8) is 0 Å². The van der Waals surface area contributed by atoms with Gasteiger partial charge in [-0.1, -0.05) is 37.5 Å². The summed E-state index contributed by atoms with van der Waals surface area (Å²) >= 11 is 0. The third-order valence-electron chi connectivity index (χ3n) is 5.22. The molecule has 2 nitrogen and oxygen atoms in total. The van der Waals surface area contributed by atoms with Gasteiger partial charge in [0.15, 0.2) is 0 Å². The average Bonchev–Trinajstić information content (AvgIpc) is 2.42. The molecule has 0 saturated heterocycles. The highest BCUT2D eigenvalue weighted by Crippen LogP contribution is 2.39. The van der Waals surface area contributed by atoms with Crippen LogP contribution in [-0.4, -0.2) is 27.2 Å². The zero-order valence-corrected chi connectivity index (χ0v) is 14.5. The van der Waals surface area contributed by atoms with Gasteiger partial charge in [0.05, 0.1) is 0 Å². The molecule has 0 heterocycles. The monoisotopic (exact) mass is 288 g/mol. The summed E-state index contributed by atoms with van der Waals surface area (Å²) < 4.78 is 0. The van der Waals surface area contributed by atoms with Gasteiger partial charge in [-0.2, -0.15) is 0 Å². The molecule has 1 aliphatic carbocycles. The summed E-state index contributed by atoms with van der Waals surface area (Å²) in [4.78, 5) is 2.47. The second-order valence-corrected chi connectivity index (χ2v) is 7.36. The molecule has 1 saturated carbocycles. The molecule has 0 atom stereocenters. The number of hydrogen-bond acceptors (Lipinski definition) is 2. The zero-order chi connectivity index (χ0) is 15.5. The minimum atomic E-state index is 0.438. The van der Waals surface area contributed by atoms with Gasteiger partial charge < -0.3 is 10.2 Å². The second kappa shape index (κ2) is 6.83. The van der Waals surface area contributed by atoms with E-state index in [1.54, 1.807) is 0 Å². The van der Waals surface area contributed by atoms with Crippen molar-refractivity contribution in [1.29, 1.82) is 0 Å². The number of nitrogens with one attached hydrogen (secondary N) is 1. The van der Waals surface area contributed by atoms with Gasteiger partial charge in [0.1, 0.15) is 0 Å². The number of aryl methyl sites for hydroxylation is 2. The molecule has 1 aromatic carbocycles. The first-order valence-electron chi connectivity index (χ1n) is 8.39. The summed E-state index contributed by atoms with van der Waals surface area (Å²) in [5, 5.41) is 3.45. The number of nitrogens with zero attached hydrogens (tertiary/aromatic N) is 1. The molecular formula is C19H32N2. The molecular weight excluding hydrogens is 256 g/mol. The minimum absolute atomic E-state index is 0.438. The number of benzene rings is 1. The van der Waals surface area contributed by atoms with E-state index in [2.05, 4.69) is 63.3 Å². The lowest BCUT2D eigenvalue weighted by molar-refractivity contribution is 0.161. The molecule has 0 spiro atoms. The van der Waals surface area contributed by atoms with Crippen molar-refractivity contribution >= 4 is 5.69 Å². The third kappa shape index (κ3) is 4.00. The molecule has 0 unspecified atom stereocenters. The van der Waals surface area contributed by atoms with Gasteiger partial charge in [-0.25, -0.2) is 0 Å². The maximum atomic E-state index is 3.45. The topological polar surface area (TPSA) is 15.3 Å². The van der Waals surface area contributed by atoms with Crippen LogP contribution in [0.5, 0.6) is 0 Å². The summed E-state index contributed by atoms with van der Waals surface area (Å²) in [6, 6.07) is 6.80. The van der Waals surface area contributed by atoms with Crippen LogP contribution in [0.3, 0.4) is 0 Å². The van der Waals surface area contributed by atoms with Crippen molar-refractivity contribution in [3.05, 3.63) is 29.3 Å². The standard InChI is InChI=1S/C19H32N2/c1-15-8-10-19(11-9-15,13-20-4)14-21(5)18-7-6-16(2)12-17(18)3/h6-7,12,15,20H,8-11,13-14H2,1-5H3. The normalized spacial score (nSPS) is 25.9. The third-order valence-corrected chi connectivity index (χ3v) is 5.22. The fourth-order valence-corrected chi connectivity index (χ4v) is 3.96. The van der Waals surface area contributed by atoms with Crippen molar-refractivity contribution in [3.8, 4) is 0 Å². The zero-order valence-electron chi connectivity index (χ0n) is 14.5. The summed E-state index contributed by atoms with van der Waals surface area (Å²) in [7, 11) is 4.35. The van der Waals surface area contributed by atoms with E-state index in [-0.39, 0.29) is 0 Å².